The summed E-state index contributed by atoms with van der Waals surface area (Å²) in [4.78, 5) is 24.8. The van der Waals surface area contributed by atoms with Gasteiger partial charge >= 0.3 is 12.1 Å². The average Bonchev–Trinajstić information content (AvgIpc) is 2.68. The number of rotatable bonds is 1. The van der Waals surface area contributed by atoms with Crippen molar-refractivity contribution in [2.75, 3.05) is 20.2 Å². The standard InChI is InChI=1S/C13H21NO5/c1-12(2,3)19-11(16)14-6-5-13(8-14)7-9(18-13)10(15)17-4/h9H,5-8H2,1-4H3. The number of carbonyl (C=O) groups is 2. The van der Waals surface area contributed by atoms with Crippen LogP contribution in [0.15, 0.2) is 0 Å². The molecule has 0 N–H and O–H groups in total. The number of carbonyl (C=O) groups excluding carboxylic acids is 2. The molecule has 1 amide bonds. The first-order chi connectivity index (χ1) is 8.75. The van der Waals surface area contributed by atoms with Crippen LogP contribution in [-0.4, -0.2) is 54.5 Å². The first kappa shape index (κ1) is 14.1. The van der Waals surface area contributed by atoms with Crippen LogP contribution in [0, 0.1) is 0 Å². The summed E-state index contributed by atoms with van der Waals surface area (Å²) in [5.41, 5.74) is -0.877. The number of ether oxygens (including phenoxy) is 3. The molecule has 2 aliphatic heterocycles. The minimum atomic E-state index is -0.498. The molecule has 0 aromatic heterocycles. The van der Waals surface area contributed by atoms with Gasteiger partial charge in [0.05, 0.1) is 19.3 Å². The van der Waals surface area contributed by atoms with E-state index < -0.39 is 11.7 Å². The van der Waals surface area contributed by atoms with Crippen LogP contribution >= 0.6 is 0 Å². The second kappa shape index (κ2) is 4.67. The van der Waals surface area contributed by atoms with E-state index >= 15 is 0 Å². The number of nitrogens with zero attached hydrogens (tertiary/aromatic N) is 1. The van der Waals surface area contributed by atoms with Gasteiger partial charge in [0, 0.05) is 13.0 Å². The lowest BCUT2D eigenvalue weighted by Gasteiger charge is -2.43. The smallest absolute Gasteiger partial charge is 0.410 e. The Labute approximate surface area is 113 Å². The predicted octanol–water partition coefficient (Wildman–Crippen LogP) is 1.33. The van der Waals surface area contributed by atoms with Gasteiger partial charge in [0.25, 0.3) is 0 Å². The molecule has 1 spiro atoms. The number of hydrogen-bond donors (Lipinski definition) is 0. The summed E-state index contributed by atoms with van der Waals surface area (Å²) in [6, 6.07) is 0. The number of amides is 1. The van der Waals surface area contributed by atoms with Crippen LogP contribution in [0.2, 0.25) is 0 Å². The number of hydrogen-bond acceptors (Lipinski definition) is 5. The first-order valence-corrected chi connectivity index (χ1v) is 6.48. The van der Waals surface area contributed by atoms with Gasteiger partial charge in [-0.3, -0.25) is 0 Å². The highest BCUT2D eigenvalue weighted by molar-refractivity contribution is 5.76. The van der Waals surface area contributed by atoms with Crippen molar-refractivity contribution >= 4 is 12.1 Å². The van der Waals surface area contributed by atoms with E-state index in [9.17, 15) is 9.59 Å². The van der Waals surface area contributed by atoms with Gasteiger partial charge in [-0.25, -0.2) is 9.59 Å². The third-order valence-electron chi connectivity index (χ3n) is 3.38. The van der Waals surface area contributed by atoms with Crippen molar-refractivity contribution < 1.29 is 23.8 Å². The van der Waals surface area contributed by atoms with Gasteiger partial charge in [0.2, 0.25) is 0 Å². The highest BCUT2D eigenvalue weighted by Crippen LogP contribution is 2.41. The molecule has 2 saturated heterocycles. The van der Waals surface area contributed by atoms with E-state index in [1.807, 2.05) is 20.8 Å². The molecule has 0 bridgehead atoms. The van der Waals surface area contributed by atoms with E-state index in [2.05, 4.69) is 4.74 Å². The van der Waals surface area contributed by atoms with Gasteiger partial charge in [-0.15, -0.1) is 0 Å². The van der Waals surface area contributed by atoms with E-state index in [1.54, 1.807) is 4.90 Å². The molecule has 2 heterocycles. The summed E-state index contributed by atoms with van der Waals surface area (Å²) in [5, 5.41) is 0. The SMILES string of the molecule is COC(=O)C1CC2(CCN(C(=O)OC(C)(C)C)C2)O1. The molecule has 0 aromatic rings. The summed E-state index contributed by atoms with van der Waals surface area (Å²) < 4.78 is 15.6. The minimum absolute atomic E-state index is 0.325. The maximum absolute atomic E-state index is 11.9. The Balaban J connectivity index is 1.85. The van der Waals surface area contributed by atoms with Crippen molar-refractivity contribution in [2.45, 2.75) is 50.9 Å². The molecule has 2 aliphatic rings. The Morgan fingerprint density at radius 2 is 2.00 bits per heavy atom. The maximum Gasteiger partial charge on any atom is 0.410 e. The summed E-state index contributed by atoms with van der Waals surface area (Å²) in [6.45, 7) is 6.59. The van der Waals surface area contributed by atoms with Gasteiger partial charge in [0.15, 0.2) is 6.10 Å². The fraction of sp³-hybridized carbons (Fsp3) is 0.846. The van der Waals surface area contributed by atoms with E-state index in [0.29, 0.717) is 19.5 Å². The molecule has 0 aliphatic carbocycles. The number of likely N-dealkylation sites (tertiary alicyclic amines) is 1. The monoisotopic (exact) mass is 271 g/mol. The molecule has 0 saturated carbocycles. The third kappa shape index (κ3) is 3.00. The molecule has 6 nitrogen and oxygen atoms in total. The van der Waals surface area contributed by atoms with Gasteiger partial charge in [-0.2, -0.15) is 0 Å². The van der Waals surface area contributed by atoms with Crippen LogP contribution in [0.25, 0.3) is 0 Å². The van der Waals surface area contributed by atoms with Gasteiger partial charge < -0.3 is 19.1 Å². The van der Waals surface area contributed by atoms with Gasteiger partial charge in [-0.1, -0.05) is 0 Å². The zero-order valence-corrected chi connectivity index (χ0v) is 11.9. The topological polar surface area (TPSA) is 65.1 Å². The third-order valence-corrected chi connectivity index (χ3v) is 3.38. The quantitative estimate of drug-likeness (QED) is 0.673. The second-order valence-corrected chi connectivity index (χ2v) is 6.17. The zero-order chi connectivity index (χ0) is 14.3. The van der Waals surface area contributed by atoms with Crippen LogP contribution in [0.5, 0.6) is 0 Å². The Morgan fingerprint density at radius 1 is 1.37 bits per heavy atom. The molecular weight excluding hydrogens is 250 g/mol. The fourth-order valence-electron chi connectivity index (χ4n) is 2.48. The van der Waals surface area contributed by atoms with Crippen LogP contribution in [0.3, 0.4) is 0 Å². The van der Waals surface area contributed by atoms with Gasteiger partial charge in [-0.05, 0) is 27.2 Å². The summed E-state index contributed by atoms with van der Waals surface area (Å²) in [7, 11) is 1.35. The minimum Gasteiger partial charge on any atom is -0.467 e. The lowest BCUT2D eigenvalue weighted by molar-refractivity contribution is -0.215. The molecule has 2 rings (SSSR count). The average molecular weight is 271 g/mol. The first-order valence-electron chi connectivity index (χ1n) is 6.48. The molecule has 0 aromatic carbocycles. The molecule has 6 heteroatoms. The normalized spacial score (nSPS) is 30.1. The van der Waals surface area contributed by atoms with Crippen LogP contribution in [0.1, 0.15) is 33.6 Å². The van der Waals surface area contributed by atoms with Crippen molar-refractivity contribution in [3.8, 4) is 0 Å². The lowest BCUT2D eigenvalue weighted by atomic mass is 9.88. The van der Waals surface area contributed by atoms with Crippen LogP contribution < -0.4 is 0 Å². The Morgan fingerprint density at radius 3 is 2.53 bits per heavy atom. The summed E-state index contributed by atoms with van der Waals surface area (Å²) in [5.74, 6) is -0.346. The summed E-state index contributed by atoms with van der Waals surface area (Å²) >= 11 is 0. The zero-order valence-electron chi connectivity index (χ0n) is 11.9. The van der Waals surface area contributed by atoms with E-state index in [4.69, 9.17) is 9.47 Å². The van der Waals surface area contributed by atoms with E-state index in [1.165, 1.54) is 7.11 Å². The highest BCUT2D eigenvalue weighted by Gasteiger charge is 2.54. The van der Waals surface area contributed by atoms with Crippen molar-refractivity contribution in [1.82, 2.24) is 4.90 Å². The molecule has 2 fully saturated rings. The predicted molar refractivity (Wildman–Crippen MR) is 66.7 cm³/mol. The van der Waals surface area contributed by atoms with E-state index in [-0.39, 0.29) is 17.7 Å². The maximum atomic E-state index is 11.9. The van der Waals surface area contributed by atoms with Crippen molar-refractivity contribution in [1.29, 1.82) is 0 Å². The molecule has 0 radical (unpaired) electrons. The Kier molecular flexibility index (Phi) is 3.47. The fourth-order valence-corrected chi connectivity index (χ4v) is 2.48. The van der Waals surface area contributed by atoms with Crippen molar-refractivity contribution in [2.24, 2.45) is 0 Å². The van der Waals surface area contributed by atoms with Gasteiger partial charge in [0.1, 0.15) is 5.60 Å². The molecule has 2 unspecified atom stereocenters. The molecule has 2 atom stereocenters. The Bertz CT molecular complexity index is 381. The number of esters is 1. The Hall–Kier alpha value is -1.30. The molecule has 108 valence electrons. The largest absolute Gasteiger partial charge is 0.467 e. The van der Waals surface area contributed by atoms with Crippen LogP contribution in [-0.2, 0) is 19.0 Å². The lowest BCUT2D eigenvalue weighted by Crippen LogP contribution is -2.56. The highest BCUT2D eigenvalue weighted by atomic mass is 16.6. The van der Waals surface area contributed by atoms with Crippen molar-refractivity contribution in [3.05, 3.63) is 0 Å². The van der Waals surface area contributed by atoms with Crippen LogP contribution in [0.4, 0.5) is 4.79 Å². The molecule has 19 heavy (non-hydrogen) atoms. The summed E-state index contributed by atoms with van der Waals surface area (Å²) in [6.07, 6.45) is 0.539. The number of methoxy groups -OCH3 is 1. The van der Waals surface area contributed by atoms with Crippen molar-refractivity contribution in [3.63, 3.8) is 0 Å². The second-order valence-electron chi connectivity index (χ2n) is 6.17. The molecular formula is C13H21NO5. The van der Waals surface area contributed by atoms with E-state index in [0.717, 1.165) is 6.42 Å².